The third kappa shape index (κ3) is 4.32. The zero-order valence-corrected chi connectivity index (χ0v) is 17.9. The van der Waals surface area contributed by atoms with Crippen LogP contribution >= 0.6 is 11.6 Å². The van der Waals surface area contributed by atoms with Gasteiger partial charge >= 0.3 is 0 Å². The highest BCUT2D eigenvalue weighted by Gasteiger charge is 2.55. The average Bonchev–Trinajstić information content (AvgIpc) is 3.44. The molecular formula is C23H28ClFN4O. The van der Waals surface area contributed by atoms with E-state index in [4.69, 9.17) is 16.3 Å². The van der Waals surface area contributed by atoms with Crippen LogP contribution in [0.4, 0.5) is 10.2 Å². The van der Waals surface area contributed by atoms with Crippen LogP contribution in [0.25, 0.3) is 11.3 Å². The maximum Gasteiger partial charge on any atom is 0.148 e. The summed E-state index contributed by atoms with van der Waals surface area (Å²) in [5.74, 6) is 1.25. The second kappa shape index (κ2) is 8.40. The lowest BCUT2D eigenvalue weighted by atomic mass is 9.91. The van der Waals surface area contributed by atoms with Crippen molar-refractivity contribution in [2.45, 2.75) is 38.1 Å². The largest absolute Gasteiger partial charge is 0.381 e. The number of piperidine rings is 1. The van der Waals surface area contributed by atoms with Crippen LogP contribution < -0.4 is 5.32 Å². The number of hydrogen-bond acceptors (Lipinski definition) is 5. The van der Waals surface area contributed by atoms with Gasteiger partial charge < -0.3 is 15.0 Å². The predicted molar refractivity (Wildman–Crippen MR) is 116 cm³/mol. The van der Waals surface area contributed by atoms with E-state index in [2.05, 4.69) is 20.4 Å². The second-order valence-electron chi connectivity index (χ2n) is 9.05. The van der Waals surface area contributed by atoms with Crippen LogP contribution in [0.2, 0.25) is 5.02 Å². The van der Waals surface area contributed by atoms with Crippen molar-refractivity contribution < 1.29 is 9.13 Å². The first-order valence-corrected chi connectivity index (χ1v) is 11.3. The molecule has 5 nitrogen and oxygen atoms in total. The zero-order valence-electron chi connectivity index (χ0n) is 17.1. The molecule has 0 bridgehead atoms. The summed E-state index contributed by atoms with van der Waals surface area (Å²) >= 11 is 6.18. The van der Waals surface area contributed by atoms with E-state index in [0.29, 0.717) is 27.7 Å². The number of anilines is 1. The lowest BCUT2D eigenvalue weighted by molar-refractivity contribution is 0.0455. The Kier molecular flexibility index (Phi) is 5.65. The molecule has 2 saturated heterocycles. The number of ether oxygens (including phenoxy) is 1. The molecule has 1 aromatic carbocycles. The fraction of sp³-hybridized carbons (Fsp3) is 0.565. The quantitative estimate of drug-likeness (QED) is 0.749. The standard InChI is InChI=1S/C23H28ClFN4O/c24-19-2-1-17(25)13-18(19)20-3-4-22(28-27-20)26-21-14-23(21)7-9-29(10-8-23)15-16-5-11-30-12-6-16/h1-4,13,16,21H,5-12,14-15H2,(H,26,28). The number of benzene rings is 1. The summed E-state index contributed by atoms with van der Waals surface area (Å²) in [5.41, 5.74) is 1.56. The summed E-state index contributed by atoms with van der Waals surface area (Å²) in [7, 11) is 0. The monoisotopic (exact) mass is 430 g/mol. The van der Waals surface area contributed by atoms with E-state index in [1.54, 1.807) is 6.07 Å². The van der Waals surface area contributed by atoms with Gasteiger partial charge in [0, 0.05) is 31.4 Å². The Morgan fingerprint density at radius 3 is 2.67 bits per heavy atom. The van der Waals surface area contributed by atoms with E-state index in [-0.39, 0.29) is 5.82 Å². The Hall–Kier alpha value is -1.76. The molecule has 160 valence electrons. The summed E-state index contributed by atoms with van der Waals surface area (Å²) < 4.78 is 19.0. The van der Waals surface area contributed by atoms with E-state index in [1.807, 2.05) is 12.1 Å². The van der Waals surface area contributed by atoms with E-state index < -0.39 is 0 Å². The van der Waals surface area contributed by atoms with Crippen molar-refractivity contribution in [2.24, 2.45) is 11.3 Å². The van der Waals surface area contributed by atoms with Gasteiger partial charge in [-0.25, -0.2) is 4.39 Å². The Morgan fingerprint density at radius 1 is 1.13 bits per heavy atom. The van der Waals surface area contributed by atoms with Crippen molar-refractivity contribution in [1.82, 2.24) is 15.1 Å². The minimum Gasteiger partial charge on any atom is -0.381 e. The lowest BCUT2D eigenvalue weighted by Gasteiger charge is -2.36. The van der Waals surface area contributed by atoms with Crippen molar-refractivity contribution >= 4 is 17.4 Å². The third-order valence-electron chi connectivity index (χ3n) is 7.09. The molecule has 3 fully saturated rings. The van der Waals surface area contributed by atoms with Crippen LogP contribution in [0, 0.1) is 17.2 Å². The number of aromatic nitrogens is 2. The topological polar surface area (TPSA) is 50.3 Å². The molecule has 2 aliphatic heterocycles. The van der Waals surface area contributed by atoms with E-state index in [9.17, 15) is 4.39 Å². The molecule has 3 heterocycles. The summed E-state index contributed by atoms with van der Waals surface area (Å²) in [4.78, 5) is 2.65. The average molecular weight is 431 g/mol. The molecule has 7 heteroatoms. The number of nitrogens with one attached hydrogen (secondary N) is 1. The highest BCUT2D eigenvalue weighted by atomic mass is 35.5. The van der Waals surface area contributed by atoms with Gasteiger partial charge in [-0.15, -0.1) is 10.2 Å². The number of likely N-dealkylation sites (tertiary alicyclic amines) is 1. The Balaban J connectivity index is 1.14. The first-order chi connectivity index (χ1) is 14.6. The number of hydrogen-bond donors (Lipinski definition) is 1. The van der Waals surface area contributed by atoms with Crippen molar-refractivity contribution in [3.63, 3.8) is 0 Å². The van der Waals surface area contributed by atoms with E-state index in [1.165, 1.54) is 63.9 Å². The number of rotatable bonds is 5. The summed E-state index contributed by atoms with van der Waals surface area (Å²) in [6, 6.07) is 8.51. The van der Waals surface area contributed by atoms with Gasteiger partial charge in [-0.3, -0.25) is 0 Å². The van der Waals surface area contributed by atoms with Gasteiger partial charge in [0.15, 0.2) is 0 Å². The molecule has 1 atom stereocenters. The highest BCUT2D eigenvalue weighted by Crippen LogP contribution is 2.55. The molecule has 3 aliphatic rings. The number of halogens is 2. The minimum absolute atomic E-state index is 0.332. The fourth-order valence-electron chi connectivity index (χ4n) is 5.00. The molecule has 1 aliphatic carbocycles. The van der Waals surface area contributed by atoms with Gasteiger partial charge in [0.05, 0.1) is 10.7 Å². The summed E-state index contributed by atoms with van der Waals surface area (Å²) in [6.07, 6.45) is 6.12. The van der Waals surface area contributed by atoms with Crippen LogP contribution in [-0.4, -0.2) is 54.0 Å². The van der Waals surface area contributed by atoms with Crippen molar-refractivity contribution in [2.75, 3.05) is 38.2 Å². The van der Waals surface area contributed by atoms with Crippen molar-refractivity contribution in [3.8, 4) is 11.3 Å². The van der Waals surface area contributed by atoms with Crippen molar-refractivity contribution in [3.05, 3.63) is 41.2 Å². The lowest BCUT2D eigenvalue weighted by Crippen LogP contribution is -2.40. The molecule has 1 unspecified atom stereocenters. The first-order valence-electron chi connectivity index (χ1n) is 11.0. The van der Waals surface area contributed by atoms with Crippen LogP contribution in [0.15, 0.2) is 30.3 Å². The second-order valence-corrected chi connectivity index (χ2v) is 9.45. The van der Waals surface area contributed by atoms with E-state index >= 15 is 0 Å². The minimum atomic E-state index is -0.332. The Bertz CT molecular complexity index is 879. The maximum atomic E-state index is 13.5. The summed E-state index contributed by atoms with van der Waals surface area (Å²) in [6.45, 7) is 5.48. The highest BCUT2D eigenvalue weighted by molar-refractivity contribution is 6.33. The van der Waals surface area contributed by atoms with Gasteiger partial charge in [-0.05, 0) is 86.9 Å². The molecule has 1 saturated carbocycles. The molecule has 0 radical (unpaired) electrons. The van der Waals surface area contributed by atoms with Crippen LogP contribution in [0.3, 0.4) is 0 Å². The first kappa shape index (κ1) is 20.2. The molecule has 1 aromatic heterocycles. The molecule has 5 rings (SSSR count). The van der Waals surface area contributed by atoms with Crippen LogP contribution in [0.5, 0.6) is 0 Å². The Labute approximate surface area is 182 Å². The molecule has 0 amide bonds. The SMILES string of the molecule is Fc1ccc(Cl)c(-c2ccc(NC3CC34CCN(CC3CCOCC3)CC4)nn2)c1. The molecular weight excluding hydrogens is 403 g/mol. The van der Waals surface area contributed by atoms with Gasteiger partial charge in [-0.2, -0.15) is 0 Å². The fourth-order valence-corrected chi connectivity index (χ4v) is 5.22. The molecule has 30 heavy (non-hydrogen) atoms. The van der Waals surface area contributed by atoms with Crippen LogP contribution in [-0.2, 0) is 4.74 Å². The maximum absolute atomic E-state index is 13.5. The third-order valence-corrected chi connectivity index (χ3v) is 7.42. The summed E-state index contributed by atoms with van der Waals surface area (Å²) in [5, 5.41) is 12.6. The number of nitrogens with zero attached hydrogens (tertiary/aromatic N) is 3. The van der Waals surface area contributed by atoms with Gasteiger partial charge in [0.1, 0.15) is 11.6 Å². The molecule has 2 aromatic rings. The van der Waals surface area contributed by atoms with Gasteiger partial charge in [0.2, 0.25) is 0 Å². The van der Waals surface area contributed by atoms with Gasteiger partial charge in [-0.1, -0.05) is 11.6 Å². The van der Waals surface area contributed by atoms with E-state index in [0.717, 1.165) is 24.9 Å². The molecule has 1 N–H and O–H groups in total. The van der Waals surface area contributed by atoms with Crippen molar-refractivity contribution in [1.29, 1.82) is 0 Å². The van der Waals surface area contributed by atoms with Crippen LogP contribution in [0.1, 0.15) is 32.1 Å². The predicted octanol–water partition coefficient (Wildman–Crippen LogP) is 4.63. The normalized spacial score (nSPS) is 24.1. The molecule has 1 spiro atoms. The van der Waals surface area contributed by atoms with Gasteiger partial charge in [0.25, 0.3) is 0 Å². The zero-order chi connectivity index (χ0) is 20.6. The smallest absolute Gasteiger partial charge is 0.148 e. The Morgan fingerprint density at radius 2 is 1.93 bits per heavy atom.